The van der Waals surface area contributed by atoms with Gasteiger partial charge in [-0.05, 0) is 29.8 Å². The summed E-state index contributed by atoms with van der Waals surface area (Å²) in [6.45, 7) is 5.09. The third-order valence-corrected chi connectivity index (χ3v) is 5.83. The first-order chi connectivity index (χ1) is 13.9. The van der Waals surface area contributed by atoms with Crippen LogP contribution in [0, 0.1) is 5.82 Å². The molecular formula is C23H33FN4O+2. The Morgan fingerprint density at radius 3 is 2.24 bits per heavy atom. The molecule has 1 aliphatic heterocycles. The fourth-order valence-corrected chi connectivity index (χ4v) is 3.92. The maximum absolute atomic E-state index is 13.1. The van der Waals surface area contributed by atoms with E-state index in [-0.39, 0.29) is 24.2 Å². The van der Waals surface area contributed by atoms with Crippen molar-refractivity contribution in [2.75, 3.05) is 58.8 Å². The second kappa shape index (κ2) is 9.85. The Bertz CT molecular complexity index is 784. The van der Waals surface area contributed by atoms with Gasteiger partial charge in [0.05, 0.1) is 20.0 Å². The number of nitrogens with one attached hydrogen (secondary N) is 3. The number of carbonyl (C=O) groups is 1. The van der Waals surface area contributed by atoms with E-state index in [4.69, 9.17) is 0 Å². The molecule has 1 saturated heterocycles. The molecule has 0 bridgehead atoms. The van der Waals surface area contributed by atoms with Gasteiger partial charge in [-0.3, -0.25) is 4.79 Å². The Morgan fingerprint density at radius 1 is 1.03 bits per heavy atom. The molecule has 2 aromatic carbocycles. The van der Waals surface area contributed by atoms with Gasteiger partial charge in [0.2, 0.25) is 5.91 Å². The summed E-state index contributed by atoms with van der Waals surface area (Å²) in [5.41, 5.74) is 3.25. The van der Waals surface area contributed by atoms with Crippen molar-refractivity contribution in [3.8, 4) is 0 Å². The van der Waals surface area contributed by atoms with E-state index in [0.717, 1.165) is 31.7 Å². The van der Waals surface area contributed by atoms with Gasteiger partial charge in [-0.15, -0.1) is 0 Å². The number of nitrogens with zero attached hydrogens (tertiary/aromatic N) is 1. The lowest BCUT2D eigenvalue weighted by Gasteiger charge is -2.33. The molecule has 156 valence electrons. The summed E-state index contributed by atoms with van der Waals surface area (Å²) < 4.78 is 13.1. The van der Waals surface area contributed by atoms with E-state index in [0.29, 0.717) is 6.54 Å². The maximum Gasteiger partial charge on any atom is 0.224 e. The molecule has 0 aliphatic carbocycles. The summed E-state index contributed by atoms with van der Waals surface area (Å²) >= 11 is 0. The number of piperazine rings is 1. The number of benzene rings is 2. The predicted molar refractivity (Wildman–Crippen MR) is 114 cm³/mol. The molecule has 6 heteroatoms. The van der Waals surface area contributed by atoms with E-state index < -0.39 is 0 Å². The van der Waals surface area contributed by atoms with Crippen LogP contribution >= 0.6 is 0 Å². The van der Waals surface area contributed by atoms with Gasteiger partial charge in [-0.25, -0.2) is 4.39 Å². The van der Waals surface area contributed by atoms with Gasteiger partial charge in [0.25, 0.3) is 0 Å². The molecule has 0 spiro atoms. The Hall–Kier alpha value is -2.44. The lowest BCUT2D eigenvalue weighted by molar-refractivity contribution is -1.02. The molecule has 5 nitrogen and oxygen atoms in total. The zero-order valence-electron chi connectivity index (χ0n) is 17.7. The number of hydrogen-bond donors (Lipinski definition) is 3. The highest BCUT2D eigenvalue weighted by Gasteiger charge is 2.29. The van der Waals surface area contributed by atoms with Crippen molar-refractivity contribution in [1.82, 2.24) is 5.32 Å². The standard InChI is InChI=1S/C23H31FN4O/c1-26(2)21-10-6-19(7-11-21)22(28-14-12-27(3)13-15-28)17-25-23(29)16-18-4-8-20(24)9-5-18/h4-11,22H,12-17H2,1-3H3,(H,25,29)/p+2/t22-/m0/s1. The molecular weight excluding hydrogens is 367 g/mol. The molecule has 1 fully saturated rings. The van der Waals surface area contributed by atoms with Crippen LogP contribution in [0.5, 0.6) is 0 Å². The zero-order valence-corrected chi connectivity index (χ0v) is 17.7. The number of amides is 1. The Kier molecular flexibility index (Phi) is 7.23. The van der Waals surface area contributed by atoms with Crippen LogP contribution < -0.4 is 20.0 Å². The lowest BCUT2D eigenvalue weighted by atomic mass is 10.0. The van der Waals surface area contributed by atoms with E-state index in [1.165, 1.54) is 28.3 Å². The van der Waals surface area contributed by atoms with Crippen LogP contribution in [0.1, 0.15) is 17.2 Å². The summed E-state index contributed by atoms with van der Waals surface area (Å²) in [6.07, 6.45) is 0.273. The van der Waals surface area contributed by atoms with Gasteiger partial charge < -0.3 is 20.0 Å². The molecule has 0 radical (unpaired) electrons. The first kappa shape index (κ1) is 21.3. The zero-order chi connectivity index (χ0) is 20.8. The smallest absolute Gasteiger partial charge is 0.224 e. The summed E-state index contributed by atoms with van der Waals surface area (Å²) in [5.74, 6) is -0.304. The molecule has 1 aliphatic rings. The van der Waals surface area contributed by atoms with E-state index in [1.807, 2.05) is 14.1 Å². The molecule has 0 saturated carbocycles. The molecule has 1 heterocycles. The topological polar surface area (TPSA) is 41.2 Å². The highest BCUT2D eigenvalue weighted by atomic mass is 19.1. The number of hydrogen-bond acceptors (Lipinski definition) is 2. The van der Waals surface area contributed by atoms with Crippen LogP contribution in [0.3, 0.4) is 0 Å². The van der Waals surface area contributed by atoms with E-state index >= 15 is 0 Å². The Balaban J connectivity index is 1.67. The van der Waals surface area contributed by atoms with Crippen molar-refractivity contribution in [2.24, 2.45) is 0 Å². The summed E-state index contributed by atoms with van der Waals surface area (Å²) in [6, 6.07) is 15.0. The second-order valence-corrected chi connectivity index (χ2v) is 8.26. The molecule has 0 unspecified atom stereocenters. The minimum Gasteiger partial charge on any atom is -0.378 e. The number of quaternary nitrogens is 2. The highest BCUT2D eigenvalue weighted by Crippen LogP contribution is 2.16. The van der Waals surface area contributed by atoms with Gasteiger partial charge in [-0.1, -0.05) is 24.3 Å². The number of likely N-dealkylation sites (N-methyl/N-ethyl adjacent to an activating group) is 1. The first-order valence-corrected chi connectivity index (χ1v) is 10.4. The number of anilines is 1. The molecule has 2 aromatic rings. The van der Waals surface area contributed by atoms with Crippen LogP contribution in [0.15, 0.2) is 48.5 Å². The minimum atomic E-state index is -0.281. The average molecular weight is 401 g/mol. The van der Waals surface area contributed by atoms with Crippen molar-refractivity contribution in [2.45, 2.75) is 12.5 Å². The first-order valence-electron chi connectivity index (χ1n) is 10.4. The summed E-state index contributed by atoms with van der Waals surface area (Å²) in [5, 5.41) is 3.12. The van der Waals surface area contributed by atoms with Crippen molar-refractivity contribution in [3.63, 3.8) is 0 Å². The van der Waals surface area contributed by atoms with Gasteiger partial charge >= 0.3 is 0 Å². The summed E-state index contributed by atoms with van der Waals surface area (Å²) in [4.78, 5) is 17.7. The fraction of sp³-hybridized carbons (Fsp3) is 0.435. The van der Waals surface area contributed by atoms with Gasteiger partial charge in [0.15, 0.2) is 0 Å². The number of halogens is 1. The quantitative estimate of drug-likeness (QED) is 0.598. The molecule has 1 atom stereocenters. The van der Waals surface area contributed by atoms with Crippen molar-refractivity contribution >= 4 is 11.6 Å². The average Bonchev–Trinajstić information content (AvgIpc) is 2.71. The largest absolute Gasteiger partial charge is 0.378 e. The summed E-state index contributed by atoms with van der Waals surface area (Å²) in [7, 11) is 6.31. The van der Waals surface area contributed by atoms with Crippen molar-refractivity contribution < 1.29 is 19.0 Å². The third-order valence-electron chi connectivity index (χ3n) is 5.83. The molecule has 29 heavy (non-hydrogen) atoms. The second-order valence-electron chi connectivity index (χ2n) is 8.26. The molecule has 3 N–H and O–H groups in total. The van der Waals surface area contributed by atoms with Crippen molar-refractivity contribution in [3.05, 3.63) is 65.5 Å². The van der Waals surface area contributed by atoms with Crippen molar-refractivity contribution in [1.29, 1.82) is 0 Å². The molecule has 0 aromatic heterocycles. The third kappa shape index (κ3) is 6.02. The molecule has 3 rings (SSSR count). The van der Waals surface area contributed by atoms with E-state index in [2.05, 4.69) is 41.5 Å². The van der Waals surface area contributed by atoms with Gasteiger partial charge in [-0.2, -0.15) is 0 Å². The monoisotopic (exact) mass is 400 g/mol. The molecule has 1 amide bonds. The minimum absolute atomic E-state index is 0.0225. The Morgan fingerprint density at radius 2 is 1.66 bits per heavy atom. The Labute approximate surface area is 173 Å². The van der Waals surface area contributed by atoms with Gasteiger partial charge in [0, 0.05) is 25.3 Å². The van der Waals surface area contributed by atoms with Gasteiger partial charge in [0.1, 0.15) is 38.0 Å². The van der Waals surface area contributed by atoms with E-state index in [9.17, 15) is 9.18 Å². The number of carbonyl (C=O) groups excluding carboxylic acids is 1. The normalized spacial score (nSPS) is 20.1. The van der Waals surface area contributed by atoms with Crippen LogP contribution in [0.25, 0.3) is 0 Å². The van der Waals surface area contributed by atoms with Crippen LogP contribution in [0.2, 0.25) is 0 Å². The van der Waals surface area contributed by atoms with E-state index in [1.54, 1.807) is 17.0 Å². The fourth-order valence-electron chi connectivity index (χ4n) is 3.92. The maximum atomic E-state index is 13.1. The highest BCUT2D eigenvalue weighted by molar-refractivity contribution is 5.78. The van der Waals surface area contributed by atoms with Crippen LogP contribution in [-0.2, 0) is 11.2 Å². The SMILES string of the molecule is CN(C)c1ccc([C@H](CNC(=O)Cc2ccc(F)cc2)[NH+]2CC[NH+](C)CC2)cc1. The van der Waals surface area contributed by atoms with Crippen LogP contribution in [-0.4, -0.2) is 59.8 Å². The predicted octanol–water partition coefficient (Wildman–Crippen LogP) is -0.295. The number of rotatable bonds is 7. The lowest BCUT2D eigenvalue weighted by Crippen LogP contribution is -3.27. The van der Waals surface area contributed by atoms with Crippen LogP contribution in [0.4, 0.5) is 10.1 Å².